The van der Waals surface area contributed by atoms with Gasteiger partial charge in [-0.3, -0.25) is 4.79 Å². The van der Waals surface area contributed by atoms with Gasteiger partial charge < -0.3 is 9.67 Å². The highest BCUT2D eigenvalue weighted by atomic mass is 32.1. The molecule has 0 spiro atoms. The molecule has 0 fully saturated rings. The van der Waals surface area contributed by atoms with Crippen molar-refractivity contribution in [3.8, 4) is 5.75 Å². The number of pyridine rings is 1. The molecule has 3 rings (SSSR count). The van der Waals surface area contributed by atoms with Crippen molar-refractivity contribution in [3.05, 3.63) is 51.8 Å². The summed E-state index contributed by atoms with van der Waals surface area (Å²) < 4.78 is 1.62. The quantitative estimate of drug-likeness (QED) is 0.756. The van der Waals surface area contributed by atoms with Gasteiger partial charge >= 0.3 is 0 Å². The summed E-state index contributed by atoms with van der Waals surface area (Å²) in [7, 11) is 0. The van der Waals surface area contributed by atoms with Crippen molar-refractivity contribution in [1.82, 2.24) is 9.55 Å². The maximum Gasteiger partial charge on any atom is 0.263 e. The lowest BCUT2D eigenvalue weighted by Gasteiger charge is -2.11. The number of benzene rings is 1. The summed E-state index contributed by atoms with van der Waals surface area (Å²) in [6.07, 6.45) is 3.02. The number of para-hydroxylation sites is 1. The van der Waals surface area contributed by atoms with E-state index >= 15 is 0 Å². The highest BCUT2D eigenvalue weighted by Crippen LogP contribution is 2.25. The van der Waals surface area contributed by atoms with Gasteiger partial charge in [-0.05, 0) is 19.1 Å². The Morgan fingerprint density at radius 1 is 1.43 bits per heavy atom. The summed E-state index contributed by atoms with van der Waals surface area (Å²) >= 11 is 1.37. The fourth-order valence-corrected chi connectivity index (χ4v) is 2.72. The van der Waals surface area contributed by atoms with Crippen molar-refractivity contribution in [2.45, 2.75) is 13.5 Å². The van der Waals surface area contributed by atoms with E-state index in [9.17, 15) is 9.90 Å². The van der Waals surface area contributed by atoms with Crippen LogP contribution in [-0.4, -0.2) is 20.9 Å². The summed E-state index contributed by atoms with van der Waals surface area (Å²) in [6.45, 7) is 2.42. The maximum atomic E-state index is 12.5. The van der Waals surface area contributed by atoms with Gasteiger partial charge in [-0.25, -0.2) is 9.98 Å². The number of aliphatic imine (C=N–C) groups is 1. The van der Waals surface area contributed by atoms with Crippen molar-refractivity contribution < 1.29 is 5.11 Å². The summed E-state index contributed by atoms with van der Waals surface area (Å²) in [6, 6.07) is 7.28. The zero-order valence-corrected chi connectivity index (χ0v) is 12.2. The Kier molecular flexibility index (Phi) is 3.53. The summed E-state index contributed by atoms with van der Waals surface area (Å²) in [5.74, 6) is -0.0411. The van der Waals surface area contributed by atoms with Crippen LogP contribution in [0.3, 0.4) is 0 Å². The Bertz CT molecular complexity index is 867. The molecular formula is C15H13N3O2S. The van der Waals surface area contributed by atoms with Crippen LogP contribution in [0.1, 0.15) is 12.5 Å². The van der Waals surface area contributed by atoms with E-state index in [0.29, 0.717) is 22.6 Å². The monoisotopic (exact) mass is 299 g/mol. The van der Waals surface area contributed by atoms with Crippen molar-refractivity contribution in [1.29, 1.82) is 0 Å². The Morgan fingerprint density at radius 2 is 2.24 bits per heavy atom. The molecular weight excluding hydrogens is 286 g/mol. The smallest absolute Gasteiger partial charge is 0.263 e. The van der Waals surface area contributed by atoms with Gasteiger partial charge in [0, 0.05) is 29.7 Å². The fraction of sp³-hybridized carbons (Fsp3) is 0.133. The first-order chi connectivity index (χ1) is 10.2. The number of rotatable bonds is 3. The van der Waals surface area contributed by atoms with Crippen LogP contribution < -0.4 is 5.56 Å². The van der Waals surface area contributed by atoms with Crippen LogP contribution in [0.4, 0.5) is 5.13 Å². The lowest BCUT2D eigenvalue weighted by atomic mass is 10.1. The van der Waals surface area contributed by atoms with E-state index in [2.05, 4.69) is 9.98 Å². The Morgan fingerprint density at radius 3 is 2.95 bits per heavy atom. The normalized spacial score (nSPS) is 11.5. The lowest BCUT2D eigenvalue weighted by Crippen LogP contribution is -2.23. The van der Waals surface area contributed by atoms with Crippen molar-refractivity contribution >= 4 is 33.6 Å². The molecule has 5 nitrogen and oxygen atoms in total. The molecule has 21 heavy (non-hydrogen) atoms. The number of aryl methyl sites for hydroxylation is 1. The fourth-order valence-electron chi connectivity index (χ4n) is 2.24. The molecule has 0 bridgehead atoms. The van der Waals surface area contributed by atoms with E-state index in [1.54, 1.807) is 22.2 Å². The molecule has 3 aromatic rings. The second-order valence-electron chi connectivity index (χ2n) is 4.40. The molecule has 6 heteroatoms. The highest BCUT2D eigenvalue weighted by molar-refractivity contribution is 7.13. The SMILES string of the molecule is CCn1c(=O)c(/C=N/c2nccs2)c(O)c2ccccc21. The predicted molar refractivity (Wildman–Crippen MR) is 84.9 cm³/mol. The molecule has 0 amide bonds. The van der Waals surface area contributed by atoms with Gasteiger partial charge in [0.25, 0.3) is 5.56 Å². The number of aromatic nitrogens is 2. The number of fused-ring (bicyclic) bond motifs is 1. The Labute approximate surface area is 124 Å². The van der Waals surface area contributed by atoms with Gasteiger partial charge in [0.15, 0.2) is 0 Å². The third-order valence-electron chi connectivity index (χ3n) is 3.22. The minimum absolute atomic E-state index is 0.0411. The van der Waals surface area contributed by atoms with E-state index < -0.39 is 0 Å². The van der Waals surface area contributed by atoms with E-state index in [4.69, 9.17) is 0 Å². The first-order valence-corrected chi connectivity index (χ1v) is 7.38. The van der Waals surface area contributed by atoms with Crippen molar-refractivity contribution in [3.63, 3.8) is 0 Å². The number of hydrogen-bond donors (Lipinski definition) is 1. The molecule has 1 aromatic carbocycles. The van der Waals surface area contributed by atoms with Crippen LogP contribution in [-0.2, 0) is 6.54 Å². The second kappa shape index (κ2) is 5.49. The molecule has 0 aliphatic heterocycles. The van der Waals surface area contributed by atoms with Gasteiger partial charge in [-0.2, -0.15) is 0 Å². The Hall–Kier alpha value is -2.47. The molecule has 0 aliphatic rings. The summed E-state index contributed by atoms with van der Waals surface area (Å²) in [4.78, 5) is 20.7. The largest absolute Gasteiger partial charge is 0.506 e. The zero-order valence-electron chi connectivity index (χ0n) is 11.4. The van der Waals surface area contributed by atoms with Crippen LogP contribution in [0, 0.1) is 0 Å². The van der Waals surface area contributed by atoms with Gasteiger partial charge in [0.1, 0.15) is 11.3 Å². The molecule has 0 atom stereocenters. The van der Waals surface area contributed by atoms with E-state index in [0.717, 1.165) is 0 Å². The van der Waals surface area contributed by atoms with E-state index in [-0.39, 0.29) is 16.9 Å². The minimum Gasteiger partial charge on any atom is -0.506 e. The van der Waals surface area contributed by atoms with E-state index in [1.165, 1.54) is 17.6 Å². The van der Waals surface area contributed by atoms with Gasteiger partial charge in [-0.1, -0.05) is 12.1 Å². The highest BCUT2D eigenvalue weighted by Gasteiger charge is 2.13. The molecule has 0 unspecified atom stereocenters. The number of thiazole rings is 1. The summed E-state index contributed by atoms with van der Waals surface area (Å²) in [5, 5.41) is 13.3. The first-order valence-electron chi connectivity index (χ1n) is 6.50. The van der Waals surface area contributed by atoms with Crippen LogP contribution in [0.5, 0.6) is 5.75 Å². The van der Waals surface area contributed by atoms with Crippen LogP contribution >= 0.6 is 11.3 Å². The molecule has 1 N–H and O–H groups in total. The molecule has 0 radical (unpaired) electrons. The number of aromatic hydroxyl groups is 1. The average Bonchev–Trinajstić information content (AvgIpc) is 3.01. The van der Waals surface area contributed by atoms with Crippen molar-refractivity contribution in [2.75, 3.05) is 0 Å². The minimum atomic E-state index is -0.256. The van der Waals surface area contributed by atoms with Crippen LogP contribution in [0.25, 0.3) is 10.9 Å². The van der Waals surface area contributed by atoms with Gasteiger partial charge in [0.05, 0.1) is 5.52 Å². The second-order valence-corrected chi connectivity index (χ2v) is 5.27. The maximum absolute atomic E-state index is 12.5. The zero-order chi connectivity index (χ0) is 14.8. The van der Waals surface area contributed by atoms with Gasteiger partial charge in [0.2, 0.25) is 5.13 Å². The molecule has 0 saturated carbocycles. The molecule has 106 valence electrons. The average molecular weight is 299 g/mol. The van der Waals surface area contributed by atoms with Crippen LogP contribution in [0.2, 0.25) is 0 Å². The third kappa shape index (κ3) is 2.34. The first kappa shape index (κ1) is 13.5. The van der Waals surface area contributed by atoms with Crippen LogP contribution in [0.15, 0.2) is 45.6 Å². The molecule has 0 aliphatic carbocycles. The van der Waals surface area contributed by atoms with E-state index in [1.807, 2.05) is 25.1 Å². The number of hydrogen-bond acceptors (Lipinski definition) is 5. The lowest BCUT2D eigenvalue weighted by molar-refractivity contribution is 0.478. The summed E-state index contributed by atoms with van der Waals surface area (Å²) in [5.41, 5.74) is 0.647. The molecule has 2 aromatic heterocycles. The molecule has 0 saturated heterocycles. The molecule has 2 heterocycles. The topological polar surface area (TPSA) is 67.5 Å². The third-order valence-corrected chi connectivity index (χ3v) is 3.90. The Balaban J connectivity index is 2.25. The predicted octanol–water partition coefficient (Wildman–Crippen LogP) is 2.93. The number of nitrogens with zero attached hydrogens (tertiary/aromatic N) is 3. The van der Waals surface area contributed by atoms with Gasteiger partial charge in [-0.15, -0.1) is 11.3 Å². The standard InChI is InChI=1S/C15H13N3O2S/c1-2-18-12-6-4-3-5-10(12)13(19)11(14(18)20)9-17-15-16-7-8-21-15/h3-9,19H,2H2,1H3/b17-9+. The van der Waals surface area contributed by atoms with Crippen molar-refractivity contribution in [2.24, 2.45) is 4.99 Å².